The summed E-state index contributed by atoms with van der Waals surface area (Å²) in [4.78, 5) is 44.2. The van der Waals surface area contributed by atoms with Crippen molar-refractivity contribution >= 4 is 46.6 Å². The lowest BCUT2D eigenvalue weighted by Gasteiger charge is -2.46. The van der Waals surface area contributed by atoms with Crippen molar-refractivity contribution in [2.75, 3.05) is 44.2 Å². The van der Waals surface area contributed by atoms with Crippen LogP contribution in [-0.4, -0.2) is 89.7 Å². The van der Waals surface area contributed by atoms with Crippen LogP contribution in [0.2, 0.25) is 10.0 Å². The van der Waals surface area contributed by atoms with Crippen molar-refractivity contribution in [2.24, 2.45) is 0 Å². The van der Waals surface area contributed by atoms with Gasteiger partial charge in [-0.05, 0) is 42.2 Å². The van der Waals surface area contributed by atoms with Gasteiger partial charge in [-0.2, -0.15) is 0 Å². The number of rotatable bonds is 5. The zero-order valence-corrected chi connectivity index (χ0v) is 23.9. The second-order valence-electron chi connectivity index (χ2n) is 11.3. The fraction of sp³-hybridized carbons (Fsp3) is 0.483. The average Bonchev–Trinajstić information content (AvgIpc) is 3.25. The quantitative estimate of drug-likeness (QED) is 0.523. The van der Waals surface area contributed by atoms with Gasteiger partial charge in [0.1, 0.15) is 6.04 Å². The summed E-state index contributed by atoms with van der Waals surface area (Å²) in [5.74, 6) is -3.94. The third-order valence-electron chi connectivity index (χ3n) is 8.67. The van der Waals surface area contributed by atoms with Crippen LogP contribution in [0.4, 0.5) is 14.5 Å². The molecule has 0 saturated carbocycles. The lowest BCUT2D eigenvalue weighted by atomic mass is 9.97. The molecule has 2 aromatic carbocycles. The van der Waals surface area contributed by atoms with E-state index >= 15 is 8.78 Å². The maximum absolute atomic E-state index is 15.5. The van der Waals surface area contributed by atoms with Crippen molar-refractivity contribution in [2.45, 2.75) is 50.4 Å². The molecule has 0 spiro atoms. The summed E-state index contributed by atoms with van der Waals surface area (Å²) in [5.41, 5.74) is 2.90. The minimum Gasteiger partial charge on any atom is -0.368 e. The Morgan fingerprint density at radius 2 is 1.76 bits per heavy atom. The monoisotopic (exact) mass is 605 g/mol. The zero-order chi connectivity index (χ0) is 28.9. The van der Waals surface area contributed by atoms with Gasteiger partial charge in [0.25, 0.3) is 11.8 Å². The molecule has 1 N–H and O–H groups in total. The van der Waals surface area contributed by atoms with Gasteiger partial charge in [0.15, 0.2) is 0 Å². The summed E-state index contributed by atoms with van der Waals surface area (Å²) in [6.45, 7) is 2.98. The maximum Gasteiger partial charge on any atom is 0.275 e. The van der Waals surface area contributed by atoms with Crippen molar-refractivity contribution < 1.29 is 23.2 Å². The van der Waals surface area contributed by atoms with Crippen molar-refractivity contribution in [3.05, 3.63) is 63.1 Å². The molecule has 4 aliphatic rings. The Morgan fingerprint density at radius 1 is 0.976 bits per heavy atom. The summed E-state index contributed by atoms with van der Waals surface area (Å²) in [5, 5.41) is 3.26. The number of benzene rings is 2. The van der Waals surface area contributed by atoms with E-state index in [1.807, 2.05) is 29.2 Å². The van der Waals surface area contributed by atoms with Crippen LogP contribution in [0.15, 0.2) is 36.4 Å². The first-order valence-electron chi connectivity index (χ1n) is 13.9. The van der Waals surface area contributed by atoms with Crippen molar-refractivity contribution in [3.63, 3.8) is 0 Å². The molecule has 0 aliphatic carbocycles. The Balaban J connectivity index is 1.06. The minimum absolute atomic E-state index is 0.192. The van der Waals surface area contributed by atoms with E-state index in [1.54, 1.807) is 17.0 Å². The van der Waals surface area contributed by atoms with Crippen molar-refractivity contribution in [1.82, 2.24) is 20.0 Å². The first-order valence-corrected chi connectivity index (χ1v) is 14.7. The minimum atomic E-state index is -2.89. The Labute approximate surface area is 247 Å². The van der Waals surface area contributed by atoms with E-state index in [1.165, 1.54) is 4.90 Å². The van der Waals surface area contributed by atoms with Gasteiger partial charge < -0.3 is 9.80 Å². The number of carbonyl (C=O) groups excluding carboxylic acids is 3. The number of piperidine rings is 2. The van der Waals surface area contributed by atoms with Crippen LogP contribution < -0.4 is 10.2 Å². The molecule has 4 aliphatic heterocycles. The van der Waals surface area contributed by atoms with Gasteiger partial charge in [-0.15, -0.1) is 0 Å². The third-order valence-corrected chi connectivity index (χ3v) is 9.48. The van der Waals surface area contributed by atoms with Crippen molar-refractivity contribution in [1.29, 1.82) is 0 Å². The Hall–Kier alpha value is -2.79. The Morgan fingerprint density at radius 3 is 2.49 bits per heavy atom. The number of hydrogen-bond acceptors (Lipinski definition) is 6. The van der Waals surface area contributed by atoms with Crippen LogP contribution in [0, 0.1) is 0 Å². The van der Waals surface area contributed by atoms with Crippen LogP contribution in [0.3, 0.4) is 0 Å². The van der Waals surface area contributed by atoms with Gasteiger partial charge >= 0.3 is 0 Å². The molecule has 4 heterocycles. The van der Waals surface area contributed by atoms with E-state index in [9.17, 15) is 14.4 Å². The van der Waals surface area contributed by atoms with Gasteiger partial charge in [-0.3, -0.25) is 29.5 Å². The number of fused-ring (bicyclic) bond motifs is 1. The Bertz CT molecular complexity index is 1380. The molecule has 0 aromatic heterocycles. The number of nitrogens with one attached hydrogen (secondary N) is 1. The van der Waals surface area contributed by atoms with Crippen molar-refractivity contribution in [3.8, 4) is 0 Å². The first-order chi connectivity index (χ1) is 19.6. The number of piperazine rings is 1. The second kappa shape index (κ2) is 11.1. The third kappa shape index (κ3) is 5.55. The molecule has 6 rings (SSSR count). The predicted octanol–water partition coefficient (Wildman–Crippen LogP) is 3.79. The highest BCUT2D eigenvalue weighted by atomic mass is 35.5. The molecule has 12 heteroatoms. The van der Waals surface area contributed by atoms with Crippen LogP contribution in [0.1, 0.15) is 40.7 Å². The number of likely N-dealkylation sites (tertiary alicyclic amines) is 1. The molecule has 218 valence electrons. The number of imide groups is 1. The highest BCUT2D eigenvalue weighted by molar-refractivity contribution is 6.43. The van der Waals surface area contributed by atoms with Gasteiger partial charge in [0.2, 0.25) is 11.8 Å². The zero-order valence-electron chi connectivity index (χ0n) is 22.4. The predicted molar refractivity (Wildman–Crippen MR) is 151 cm³/mol. The summed E-state index contributed by atoms with van der Waals surface area (Å²) in [7, 11) is 0. The van der Waals surface area contributed by atoms with E-state index in [4.69, 9.17) is 23.2 Å². The van der Waals surface area contributed by atoms with Crippen LogP contribution >= 0.6 is 23.2 Å². The van der Waals surface area contributed by atoms with Crippen LogP contribution in [0.5, 0.6) is 0 Å². The molecule has 3 saturated heterocycles. The molecule has 3 amide bonds. The normalized spacial score (nSPS) is 25.4. The molecule has 2 aromatic rings. The number of nitrogens with zero attached hydrogens (tertiary/aromatic N) is 4. The molecule has 2 unspecified atom stereocenters. The average molecular weight is 607 g/mol. The molecule has 41 heavy (non-hydrogen) atoms. The van der Waals surface area contributed by atoms with E-state index in [2.05, 4.69) is 10.2 Å². The highest BCUT2D eigenvalue weighted by Gasteiger charge is 2.48. The smallest absolute Gasteiger partial charge is 0.275 e. The van der Waals surface area contributed by atoms with Gasteiger partial charge in [0.05, 0.1) is 28.3 Å². The molecule has 8 nitrogen and oxygen atoms in total. The lowest BCUT2D eigenvalue weighted by molar-refractivity contribution is -0.137. The van der Waals surface area contributed by atoms with E-state index in [-0.39, 0.29) is 24.8 Å². The number of alkyl halides is 2. The van der Waals surface area contributed by atoms with E-state index < -0.39 is 23.9 Å². The van der Waals surface area contributed by atoms with Gasteiger partial charge in [-0.1, -0.05) is 41.4 Å². The number of hydrogen-bond donors (Lipinski definition) is 1. The lowest BCUT2D eigenvalue weighted by Crippen LogP contribution is -2.61. The SMILES string of the molecule is O=C1CCC(N2Cc3ccc(CN4CCC(N5CCN(c6cccc(Cl)c6Cl)CC5)C(F)(F)C4)cc3C2=O)C(=O)N1. The molecule has 3 fully saturated rings. The first kappa shape index (κ1) is 28.3. The summed E-state index contributed by atoms with van der Waals surface area (Å²) >= 11 is 12.5. The fourth-order valence-corrected chi connectivity index (χ4v) is 6.97. The summed E-state index contributed by atoms with van der Waals surface area (Å²) in [6, 6.07) is 9.41. The molecule has 0 bridgehead atoms. The standard InChI is InChI=1S/C29H31Cl2F2N5O3/c30-21-2-1-3-22(26(21)31)36-10-12-37(13-11-36)24-8-9-35(17-29(24,32)33)15-18-4-5-19-16-38(28(41)20(19)14-18)23-6-7-25(39)34-27(23)40/h1-5,14,23-24H,6-13,15-17H2,(H,34,39,40). The summed E-state index contributed by atoms with van der Waals surface area (Å²) in [6.07, 6.45) is 0.834. The second-order valence-corrected chi connectivity index (χ2v) is 12.0. The topological polar surface area (TPSA) is 76.2 Å². The summed E-state index contributed by atoms with van der Waals surface area (Å²) < 4.78 is 31.0. The Kier molecular flexibility index (Phi) is 7.69. The maximum atomic E-state index is 15.5. The van der Waals surface area contributed by atoms with E-state index in [0.717, 1.165) is 16.8 Å². The number of halogens is 4. The van der Waals surface area contributed by atoms with E-state index in [0.29, 0.717) is 74.3 Å². The fourth-order valence-electron chi connectivity index (χ4n) is 6.55. The molecule has 0 radical (unpaired) electrons. The number of carbonyl (C=O) groups is 3. The highest BCUT2D eigenvalue weighted by Crippen LogP contribution is 2.36. The number of anilines is 1. The van der Waals surface area contributed by atoms with Crippen LogP contribution in [-0.2, 0) is 22.7 Å². The van der Waals surface area contributed by atoms with Gasteiger partial charge in [0, 0.05) is 57.8 Å². The molecular weight excluding hydrogens is 575 g/mol. The van der Waals surface area contributed by atoms with Gasteiger partial charge in [-0.25, -0.2) is 8.78 Å². The van der Waals surface area contributed by atoms with Crippen LogP contribution in [0.25, 0.3) is 0 Å². The number of amides is 3. The largest absolute Gasteiger partial charge is 0.368 e. The molecular formula is C29H31Cl2F2N5O3. The molecule has 2 atom stereocenters.